The Morgan fingerprint density at radius 2 is 2.00 bits per heavy atom. The molecule has 0 bridgehead atoms. The molecule has 1 aromatic carbocycles. The third-order valence-corrected chi connectivity index (χ3v) is 5.40. The Hall–Kier alpha value is -2.86. The molecule has 0 unspecified atom stereocenters. The number of halogens is 1. The standard InChI is InChI=1S/C21H22ClN5O/c22-18-10-15(12-25-20(18)27-16-3-1-2-4-16)21(28)26-11-13-5-6-17-14(9-13)7-8-24-19(17)23/h5-10,12,16H,1-4,11H2,(H2,23,24)(H,25,27)(H,26,28). The van der Waals surface area contributed by atoms with E-state index in [2.05, 4.69) is 20.6 Å². The zero-order valence-corrected chi connectivity index (χ0v) is 16.2. The third kappa shape index (κ3) is 4.02. The number of hydrogen-bond donors (Lipinski definition) is 3. The molecule has 0 radical (unpaired) electrons. The minimum absolute atomic E-state index is 0.212. The molecule has 1 aliphatic carbocycles. The van der Waals surface area contributed by atoms with E-state index in [4.69, 9.17) is 17.3 Å². The van der Waals surface area contributed by atoms with Crippen molar-refractivity contribution in [3.63, 3.8) is 0 Å². The molecule has 1 fully saturated rings. The van der Waals surface area contributed by atoms with E-state index in [9.17, 15) is 4.79 Å². The van der Waals surface area contributed by atoms with Crippen molar-refractivity contribution in [2.24, 2.45) is 0 Å². The van der Waals surface area contributed by atoms with E-state index in [1.807, 2.05) is 24.3 Å². The number of anilines is 2. The Balaban J connectivity index is 1.41. The maximum absolute atomic E-state index is 12.5. The van der Waals surface area contributed by atoms with Gasteiger partial charge in [0.25, 0.3) is 5.91 Å². The number of nitrogens with one attached hydrogen (secondary N) is 2. The Labute approximate surface area is 168 Å². The first-order chi connectivity index (χ1) is 13.6. The van der Waals surface area contributed by atoms with Crippen LogP contribution in [0.4, 0.5) is 11.6 Å². The van der Waals surface area contributed by atoms with Crippen molar-refractivity contribution in [2.75, 3.05) is 11.1 Å². The number of nitrogens with zero attached hydrogens (tertiary/aromatic N) is 2. The highest BCUT2D eigenvalue weighted by atomic mass is 35.5. The van der Waals surface area contributed by atoms with Gasteiger partial charge in [-0.3, -0.25) is 4.79 Å². The summed E-state index contributed by atoms with van der Waals surface area (Å²) < 4.78 is 0. The maximum atomic E-state index is 12.5. The van der Waals surface area contributed by atoms with Gasteiger partial charge in [-0.15, -0.1) is 0 Å². The van der Waals surface area contributed by atoms with Crippen LogP contribution in [-0.2, 0) is 6.54 Å². The molecule has 0 saturated heterocycles. The van der Waals surface area contributed by atoms with Crippen LogP contribution in [0, 0.1) is 0 Å². The van der Waals surface area contributed by atoms with E-state index >= 15 is 0 Å². The van der Waals surface area contributed by atoms with Crippen LogP contribution in [0.1, 0.15) is 41.6 Å². The van der Waals surface area contributed by atoms with E-state index in [1.165, 1.54) is 12.8 Å². The largest absolute Gasteiger partial charge is 0.383 e. The number of benzene rings is 1. The molecule has 0 aliphatic heterocycles. The van der Waals surface area contributed by atoms with Gasteiger partial charge in [0.15, 0.2) is 0 Å². The molecule has 1 aliphatic rings. The summed E-state index contributed by atoms with van der Waals surface area (Å²) in [4.78, 5) is 20.9. The van der Waals surface area contributed by atoms with Crippen molar-refractivity contribution in [3.05, 3.63) is 58.9 Å². The zero-order chi connectivity index (χ0) is 19.5. The molecule has 4 N–H and O–H groups in total. The van der Waals surface area contributed by atoms with Crippen molar-refractivity contribution in [2.45, 2.75) is 38.3 Å². The van der Waals surface area contributed by atoms with Crippen molar-refractivity contribution in [1.82, 2.24) is 15.3 Å². The molecule has 2 aromatic heterocycles. The predicted octanol–water partition coefficient (Wildman–Crippen LogP) is 4.15. The van der Waals surface area contributed by atoms with E-state index in [0.717, 1.165) is 29.2 Å². The lowest BCUT2D eigenvalue weighted by atomic mass is 10.1. The van der Waals surface area contributed by atoms with Gasteiger partial charge in [0, 0.05) is 30.4 Å². The first-order valence-electron chi connectivity index (χ1n) is 9.43. The normalized spacial score (nSPS) is 14.3. The van der Waals surface area contributed by atoms with Crippen LogP contribution in [0.5, 0.6) is 0 Å². The molecule has 1 amide bonds. The summed E-state index contributed by atoms with van der Waals surface area (Å²) >= 11 is 6.33. The molecule has 1 saturated carbocycles. The van der Waals surface area contributed by atoms with Crippen LogP contribution in [0.3, 0.4) is 0 Å². The summed E-state index contributed by atoms with van der Waals surface area (Å²) in [5.41, 5.74) is 7.29. The minimum Gasteiger partial charge on any atom is -0.383 e. The fraction of sp³-hybridized carbons (Fsp3) is 0.286. The lowest BCUT2D eigenvalue weighted by Gasteiger charge is -2.14. The van der Waals surface area contributed by atoms with Gasteiger partial charge in [-0.1, -0.05) is 36.6 Å². The number of amides is 1. The molecular weight excluding hydrogens is 374 g/mol. The lowest BCUT2D eigenvalue weighted by molar-refractivity contribution is 0.0950. The second kappa shape index (κ2) is 8.02. The maximum Gasteiger partial charge on any atom is 0.253 e. The summed E-state index contributed by atoms with van der Waals surface area (Å²) in [6.07, 6.45) is 7.96. The number of nitrogens with two attached hydrogens (primary N) is 1. The number of aromatic nitrogens is 2. The van der Waals surface area contributed by atoms with Crippen molar-refractivity contribution >= 4 is 39.9 Å². The van der Waals surface area contributed by atoms with E-state index in [0.29, 0.717) is 34.8 Å². The predicted molar refractivity (Wildman–Crippen MR) is 112 cm³/mol. The van der Waals surface area contributed by atoms with Crippen LogP contribution < -0.4 is 16.4 Å². The summed E-state index contributed by atoms with van der Waals surface area (Å²) in [5, 5.41) is 8.63. The molecule has 144 valence electrons. The molecule has 4 rings (SSSR count). The van der Waals surface area contributed by atoms with E-state index < -0.39 is 0 Å². The number of rotatable bonds is 5. The smallest absolute Gasteiger partial charge is 0.253 e. The summed E-state index contributed by atoms with van der Waals surface area (Å²) in [6, 6.07) is 9.82. The highest BCUT2D eigenvalue weighted by Gasteiger charge is 2.17. The first kappa shape index (κ1) is 18.5. The zero-order valence-electron chi connectivity index (χ0n) is 15.4. The van der Waals surface area contributed by atoms with Gasteiger partial charge >= 0.3 is 0 Å². The Kier molecular flexibility index (Phi) is 5.30. The number of pyridine rings is 2. The minimum atomic E-state index is -0.212. The monoisotopic (exact) mass is 395 g/mol. The molecule has 0 atom stereocenters. The highest BCUT2D eigenvalue weighted by molar-refractivity contribution is 6.33. The van der Waals surface area contributed by atoms with E-state index in [1.54, 1.807) is 18.5 Å². The van der Waals surface area contributed by atoms with Gasteiger partial charge in [-0.25, -0.2) is 9.97 Å². The Morgan fingerprint density at radius 3 is 2.79 bits per heavy atom. The molecule has 0 spiro atoms. The molecule has 6 nitrogen and oxygen atoms in total. The molecular formula is C21H22ClN5O. The molecule has 28 heavy (non-hydrogen) atoms. The Morgan fingerprint density at radius 1 is 1.18 bits per heavy atom. The van der Waals surface area contributed by atoms with Gasteiger partial charge in [0.1, 0.15) is 11.6 Å². The van der Waals surface area contributed by atoms with E-state index in [-0.39, 0.29) is 5.91 Å². The number of carbonyl (C=O) groups excluding carboxylic acids is 1. The molecule has 7 heteroatoms. The highest BCUT2D eigenvalue weighted by Crippen LogP contribution is 2.26. The number of hydrogen-bond acceptors (Lipinski definition) is 5. The molecule has 2 heterocycles. The van der Waals surface area contributed by atoms with Crippen molar-refractivity contribution in [3.8, 4) is 0 Å². The quantitative estimate of drug-likeness (QED) is 0.603. The van der Waals surface area contributed by atoms with Crippen LogP contribution in [0.15, 0.2) is 42.7 Å². The van der Waals surface area contributed by atoms with Crippen molar-refractivity contribution in [1.29, 1.82) is 0 Å². The van der Waals surface area contributed by atoms with Crippen LogP contribution >= 0.6 is 11.6 Å². The van der Waals surface area contributed by atoms with Gasteiger partial charge in [0.05, 0.1) is 10.6 Å². The summed E-state index contributed by atoms with van der Waals surface area (Å²) in [7, 11) is 0. The number of carbonyl (C=O) groups is 1. The van der Waals surface area contributed by atoms with Crippen molar-refractivity contribution < 1.29 is 4.79 Å². The topological polar surface area (TPSA) is 92.9 Å². The number of fused-ring (bicyclic) bond motifs is 1. The summed E-state index contributed by atoms with van der Waals surface area (Å²) in [6.45, 7) is 0.399. The SMILES string of the molecule is Nc1nccc2cc(CNC(=O)c3cnc(NC4CCCC4)c(Cl)c3)ccc12. The fourth-order valence-electron chi connectivity index (χ4n) is 3.58. The van der Waals surface area contributed by atoms with Gasteiger partial charge in [0.2, 0.25) is 0 Å². The number of nitrogen functional groups attached to an aromatic ring is 1. The lowest BCUT2D eigenvalue weighted by Crippen LogP contribution is -2.23. The first-order valence-corrected chi connectivity index (χ1v) is 9.81. The third-order valence-electron chi connectivity index (χ3n) is 5.11. The Bertz CT molecular complexity index is 1020. The van der Waals surface area contributed by atoms with Gasteiger partial charge in [-0.2, -0.15) is 0 Å². The van der Waals surface area contributed by atoms with Gasteiger partial charge < -0.3 is 16.4 Å². The average Bonchev–Trinajstić information content (AvgIpc) is 3.21. The fourth-order valence-corrected chi connectivity index (χ4v) is 3.80. The van der Waals surface area contributed by atoms with Crippen LogP contribution in [0.25, 0.3) is 10.8 Å². The molecule has 3 aromatic rings. The van der Waals surface area contributed by atoms with Gasteiger partial charge in [-0.05, 0) is 42.0 Å². The van der Waals surface area contributed by atoms with Crippen LogP contribution in [-0.4, -0.2) is 21.9 Å². The average molecular weight is 396 g/mol. The second-order valence-corrected chi connectivity index (χ2v) is 7.52. The van der Waals surface area contributed by atoms with Crippen LogP contribution in [0.2, 0.25) is 5.02 Å². The summed E-state index contributed by atoms with van der Waals surface area (Å²) in [5.74, 6) is 0.933. The second-order valence-electron chi connectivity index (χ2n) is 7.11.